The van der Waals surface area contributed by atoms with Gasteiger partial charge in [-0.3, -0.25) is 0 Å². The Hall–Kier alpha value is -0.0400. The maximum atomic E-state index is 6.71. The summed E-state index contributed by atoms with van der Waals surface area (Å²) in [5.74, 6) is 2.53. The highest BCUT2D eigenvalue weighted by Crippen LogP contribution is 2.43. The van der Waals surface area contributed by atoms with Crippen LogP contribution in [0.3, 0.4) is 0 Å². The first kappa shape index (κ1) is 11.4. The summed E-state index contributed by atoms with van der Waals surface area (Å²) in [6.07, 6.45) is 11.0. The monoisotopic (exact) mass is 209 g/mol. The molecule has 2 aliphatic rings. The molecule has 15 heavy (non-hydrogen) atoms. The lowest BCUT2D eigenvalue weighted by molar-refractivity contribution is 0.0984. The lowest BCUT2D eigenvalue weighted by atomic mass is 9.63. The molecule has 1 heteroatoms. The van der Waals surface area contributed by atoms with E-state index in [0.29, 0.717) is 0 Å². The molecular weight excluding hydrogens is 182 g/mol. The molecule has 2 aliphatic carbocycles. The molecular formula is C14H27N. The Kier molecular flexibility index (Phi) is 3.39. The van der Waals surface area contributed by atoms with Gasteiger partial charge in [-0.1, -0.05) is 33.1 Å². The predicted molar refractivity (Wildman–Crippen MR) is 65.7 cm³/mol. The van der Waals surface area contributed by atoms with Gasteiger partial charge in [0.25, 0.3) is 0 Å². The topological polar surface area (TPSA) is 26.0 Å². The van der Waals surface area contributed by atoms with Crippen LogP contribution in [-0.2, 0) is 0 Å². The lowest BCUT2D eigenvalue weighted by Crippen LogP contribution is -2.52. The Bertz CT molecular complexity index is 195. The van der Waals surface area contributed by atoms with Crippen molar-refractivity contribution in [2.75, 3.05) is 0 Å². The van der Waals surface area contributed by atoms with Crippen molar-refractivity contribution in [2.24, 2.45) is 23.5 Å². The van der Waals surface area contributed by atoms with Gasteiger partial charge in [-0.05, 0) is 49.9 Å². The van der Waals surface area contributed by atoms with Gasteiger partial charge in [0.15, 0.2) is 0 Å². The molecule has 2 saturated carbocycles. The maximum Gasteiger partial charge on any atom is 0.0187 e. The lowest BCUT2D eigenvalue weighted by Gasteiger charge is -2.46. The highest BCUT2D eigenvalue weighted by Gasteiger charge is 2.40. The number of rotatable bonds is 1. The third-order valence-electron chi connectivity index (χ3n) is 4.68. The van der Waals surface area contributed by atoms with Gasteiger partial charge in [-0.15, -0.1) is 0 Å². The van der Waals surface area contributed by atoms with Crippen molar-refractivity contribution in [3.05, 3.63) is 0 Å². The van der Waals surface area contributed by atoms with Crippen LogP contribution in [-0.4, -0.2) is 5.54 Å². The van der Waals surface area contributed by atoms with Crippen molar-refractivity contribution < 1.29 is 0 Å². The molecule has 0 amide bonds. The molecule has 2 atom stereocenters. The van der Waals surface area contributed by atoms with Crippen LogP contribution in [0.15, 0.2) is 0 Å². The van der Waals surface area contributed by atoms with Gasteiger partial charge in [0.1, 0.15) is 0 Å². The minimum Gasteiger partial charge on any atom is -0.325 e. The van der Waals surface area contributed by atoms with E-state index in [2.05, 4.69) is 13.8 Å². The average molecular weight is 209 g/mol. The SMILES string of the molecule is CC1CC(C)CC(N)(C2CCCCC2)C1. The Morgan fingerprint density at radius 1 is 0.933 bits per heavy atom. The highest BCUT2D eigenvalue weighted by atomic mass is 14.8. The van der Waals surface area contributed by atoms with Crippen LogP contribution in [0.2, 0.25) is 0 Å². The standard InChI is InChI=1S/C14H27N/c1-11-8-12(2)10-14(15,9-11)13-6-4-3-5-7-13/h11-13H,3-10,15H2,1-2H3. The van der Waals surface area contributed by atoms with Gasteiger partial charge in [0, 0.05) is 5.54 Å². The van der Waals surface area contributed by atoms with Crippen LogP contribution < -0.4 is 5.73 Å². The summed E-state index contributed by atoms with van der Waals surface area (Å²) in [6, 6.07) is 0. The van der Waals surface area contributed by atoms with Crippen molar-refractivity contribution in [3.8, 4) is 0 Å². The first-order valence-corrected chi connectivity index (χ1v) is 6.89. The van der Waals surface area contributed by atoms with Crippen LogP contribution in [0.1, 0.15) is 65.2 Å². The normalized spacial score (nSPS) is 44.2. The summed E-state index contributed by atoms with van der Waals surface area (Å²) in [6.45, 7) is 4.78. The van der Waals surface area contributed by atoms with Crippen molar-refractivity contribution in [2.45, 2.75) is 70.8 Å². The second kappa shape index (κ2) is 4.45. The fourth-order valence-corrected chi connectivity index (χ4v) is 4.25. The third-order valence-corrected chi connectivity index (χ3v) is 4.68. The Labute approximate surface area is 94.8 Å². The quantitative estimate of drug-likeness (QED) is 0.700. The maximum absolute atomic E-state index is 6.71. The summed E-state index contributed by atoms with van der Waals surface area (Å²) in [7, 11) is 0. The van der Waals surface area contributed by atoms with Gasteiger partial charge in [0.2, 0.25) is 0 Å². The van der Waals surface area contributed by atoms with E-state index in [4.69, 9.17) is 5.73 Å². The van der Waals surface area contributed by atoms with Crippen LogP contribution in [0.25, 0.3) is 0 Å². The smallest absolute Gasteiger partial charge is 0.0187 e. The fraction of sp³-hybridized carbons (Fsp3) is 1.00. The van der Waals surface area contributed by atoms with Crippen molar-refractivity contribution in [1.82, 2.24) is 0 Å². The molecule has 2 N–H and O–H groups in total. The Morgan fingerprint density at radius 3 is 2.00 bits per heavy atom. The molecule has 1 nitrogen and oxygen atoms in total. The molecule has 0 aromatic rings. The number of hydrogen-bond acceptors (Lipinski definition) is 1. The van der Waals surface area contributed by atoms with E-state index in [9.17, 15) is 0 Å². The minimum atomic E-state index is 0.192. The number of hydrogen-bond donors (Lipinski definition) is 1. The highest BCUT2D eigenvalue weighted by molar-refractivity contribution is 4.97. The molecule has 0 radical (unpaired) electrons. The van der Waals surface area contributed by atoms with Crippen molar-refractivity contribution in [1.29, 1.82) is 0 Å². The third kappa shape index (κ3) is 2.55. The molecule has 2 unspecified atom stereocenters. The van der Waals surface area contributed by atoms with Crippen LogP contribution in [0.4, 0.5) is 0 Å². The van der Waals surface area contributed by atoms with Gasteiger partial charge >= 0.3 is 0 Å². The Morgan fingerprint density at radius 2 is 1.47 bits per heavy atom. The minimum absolute atomic E-state index is 0.192. The van der Waals surface area contributed by atoms with Crippen LogP contribution >= 0.6 is 0 Å². The number of nitrogens with two attached hydrogens (primary N) is 1. The molecule has 2 rings (SSSR count). The van der Waals surface area contributed by atoms with E-state index in [0.717, 1.165) is 17.8 Å². The van der Waals surface area contributed by atoms with Gasteiger partial charge in [0.05, 0.1) is 0 Å². The molecule has 0 spiro atoms. The fourth-order valence-electron chi connectivity index (χ4n) is 4.25. The zero-order valence-electron chi connectivity index (χ0n) is 10.5. The van der Waals surface area contributed by atoms with E-state index < -0.39 is 0 Å². The largest absolute Gasteiger partial charge is 0.325 e. The van der Waals surface area contributed by atoms with Crippen molar-refractivity contribution in [3.63, 3.8) is 0 Å². The first-order chi connectivity index (χ1) is 7.10. The molecule has 0 saturated heterocycles. The van der Waals surface area contributed by atoms with Crippen molar-refractivity contribution >= 4 is 0 Å². The van der Waals surface area contributed by atoms with E-state index in [1.807, 2.05) is 0 Å². The van der Waals surface area contributed by atoms with E-state index in [1.54, 1.807) is 0 Å². The van der Waals surface area contributed by atoms with Gasteiger partial charge in [-0.25, -0.2) is 0 Å². The van der Waals surface area contributed by atoms with E-state index >= 15 is 0 Å². The van der Waals surface area contributed by atoms with E-state index in [1.165, 1.54) is 51.4 Å². The zero-order chi connectivity index (χ0) is 10.9. The summed E-state index contributed by atoms with van der Waals surface area (Å²) in [4.78, 5) is 0. The molecule has 88 valence electrons. The summed E-state index contributed by atoms with van der Waals surface area (Å²) in [5, 5.41) is 0. The van der Waals surface area contributed by atoms with Gasteiger partial charge < -0.3 is 5.73 Å². The summed E-state index contributed by atoms with van der Waals surface area (Å²) in [5.41, 5.74) is 6.91. The van der Waals surface area contributed by atoms with Crippen LogP contribution in [0, 0.1) is 17.8 Å². The molecule has 2 fully saturated rings. The molecule has 0 aromatic heterocycles. The first-order valence-electron chi connectivity index (χ1n) is 6.89. The second-order valence-corrected chi connectivity index (χ2v) is 6.42. The van der Waals surface area contributed by atoms with Gasteiger partial charge in [-0.2, -0.15) is 0 Å². The molecule has 0 bridgehead atoms. The molecule has 0 aromatic carbocycles. The Balaban J connectivity index is 2.02. The molecule has 0 aliphatic heterocycles. The molecule has 0 heterocycles. The van der Waals surface area contributed by atoms with E-state index in [-0.39, 0.29) is 5.54 Å². The zero-order valence-corrected chi connectivity index (χ0v) is 10.5. The summed E-state index contributed by atoms with van der Waals surface area (Å²) < 4.78 is 0. The second-order valence-electron chi connectivity index (χ2n) is 6.42. The summed E-state index contributed by atoms with van der Waals surface area (Å²) >= 11 is 0. The average Bonchev–Trinajstić information content (AvgIpc) is 2.17. The predicted octanol–water partition coefficient (Wildman–Crippen LogP) is 3.72. The van der Waals surface area contributed by atoms with Crippen LogP contribution in [0.5, 0.6) is 0 Å².